The van der Waals surface area contributed by atoms with E-state index in [0.717, 1.165) is 69.6 Å². The molecule has 6 nitrogen and oxygen atoms in total. The van der Waals surface area contributed by atoms with Crippen LogP contribution in [0.1, 0.15) is 125 Å². The predicted molar refractivity (Wildman–Crippen MR) is 150 cm³/mol. The highest BCUT2D eigenvalue weighted by Crippen LogP contribution is 2.65. The third kappa shape index (κ3) is 7.49. The molecule has 2 rings (SSSR count). The minimum Gasteiger partial charge on any atom is -0.465 e. The number of unbranched alkanes of at least 4 members (excludes halogenated alkanes) is 4. The van der Waals surface area contributed by atoms with Crippen molar-refractivity contribution in [3.63, 3.8) is 0 Å². The number of rotatable bonds is 17. The molecule has 5 unspecified atom stereocenters. The van der Waals surface area contributed by atoms with Gasteiger partial charge in [-0.1, -0.05) is 71.3 Å². The molecule has 2 saturated carbocycles. The Morgan fingerprint density at radius 2 is 1.68 bits per heavy atom. The van der Waals surface area contributed by atoms with Gasteiger partial charge in [0.25, 0.3) is 0 Å². The van der Waals surface area contributed by atoms with Crippen molar-refractivity contribution in [1.82, 2.24) is 0 Å². The highest BCUT2D eigenvalue weighted by Gasteiger charge is 2.67. The van der Waals surface area contributed by atoms with Gasteiger partial charge in [0.2, 0.25) is 0 Å². The van der Waals surface area contributed by atoms with E-state index in [1.54, 1.807) is 0 Å². The lowest BCUT2D eigenvalue weighted by Gasteiger charge is -2.53. The molecule has 218 valence electrons. The van der Waals surface area contributed by atoms with Gasteiger partial charge >= 0.3 is 11.9 Å². The van der Waals surface area contributed by atoms with Gasteiger partial charge in [-0.15, -0.1) is 0 Å². The van der Waals surface area contributed by atoms with E-state index in [-0.39, 0.29) is 36.8 Å². The summed E-state index contributed by atoms with van der Waals surface area (Å²) in [7, 11) is 0. The van der Waals surface area contributed by atoms with Crippen molar-refractivity contribution in [2.24, 2.45) is 28.6 Å². The monoisotopic (exact) mass is 534 g/mol. The van der Waals surface area contributed by atoms with Crippen molar-refractivity contribution in [2.75, 3.05) is 13.2 Å². The van der Waals surface area contributed by atoms with Gasteiger partial charge in [0.1, 0.15) is 12.9 Å². The first-order valence-corrected chi connectivity index (χ1v) is 15.3. The lowest BCUT2D eigenvalue weighted by Crippen LogP contribution is -2.59. The zero-order valence-electron chi connectivity index (χ0n) is 24.8. The summed E-state index contributed by atoms with van der Waals surface area (Å²) in [6.45, 7) is 10.5. The number of hydrogen-bond acceptors (Lipinski definition) is 6. The van der Waals surface area contributed by atoms with Crippen molar-refractivity contribution < 1.29 is 29.0 Å². The average Bonchev–Trinajstić information content (AvgIpc) is 3.50. The van der Waals surface area contributed by atoms with Crippen LogP contribution >= 0.6 is 0 Å². The maximum absolute atomic E-state index is 14.5. The summed E-state index contributed by atoms with van der Waals surface area (Å²) in [5.41, 5.74) is -0.820. The van der Waals surface area contributed by atoms with E-state index in [2.05, 4.69) is 13.8 Å². The molecule has 0 amide bonds. The maximum atomic E-state index is 14.5. The van der Waals surface area contributed by atoms with E-state index in [1.165, 1.54) is 0 Å². The largest absolute Gasteiger partial charge is 0.465 e. The summed E-state index contributed by atoms with van der Waals surface area (Å²) >= 11 is 0. The molecule has 0 radical (unpaired) electrons. The molecule has 2 fully saturated rings. The van der Waals surface area contributed by atoms with E-state index in [0.29, 0.717) is 32.3 Å². The van der Waals surface area contributed by atoms with Crippen molar-refractivity contribution in [3.05, 3.63) is 11.6 Å². The maximum Gasteiger partial charge on any atom is 0.313 e. The molecule has 2 aliphatic carbocycles. The molecule has 2 aliphatic rings. The standard InChI is InChI=1S/C32H54O6/c1-6-8-10-14-26-27(15-16-28(26)34)32(25(5)23-33,30(36)38-20-13-9-7-2)31(18-11-12-19-31)22-29(35)37-21-17-24(3)4/h17,23,25-28,34H,6-16,18-22H2,1-5H3. The van der Waals surface area contributed by atoms with E-state index >= 15 is 0 Å². The van der Waals surface area contributed by atoms with Crippen LogP contribution in [0.3, 0.4) is 0 Å². The number of ether oxygens (including phenoxy) is 2. The van der Waals surface area contributed by atoms with Gasteiger partial charge in [-0.05, 0) is 75.7 Å². The second-order valence-corrected chi connectivity index (χ2v) is 12.2. The molecule has 0 aromatic heterocycles. The van der Waals surface area contributed by atoms with Crippen LogP contribution < -0.4 is 0 Å². The normalized spacial score (nSPS) is 24.8. The first kappa shape index (κ1) is 32.5. The second kappa shape index (κ2) is 15.8. The SMILES string of the molecule is CCCCCOC(=O)C(C(C)C=O)(C1CCC(O)C1CCCCC)C1(CC(=O)OCC=C(C)C)CCCC1. The van der Waals surface area contributed by atoms with Crippen LogP contribution in [0.15, 0.2) is 11.6 Å². The Balaban J connectivity index is 2.58. The molecule has 6 heteroatoms. The molecule has 0 bridgehead atoms. The van der Waals surface area contributed by atoms with Gasteiger partial charge in [-0.2, -0.15) is 0 Å². The van der Waals surface area contributed by atoms with Crippen molar-refractivity contribution in [3.8, 4) is 0 Å². The number of hydrogen-bond donors (Lipinski definition) is 1. The summed E-state index contributed by atoms with van der Waals surface area (Å²) in [6, 6.07) is 0. The molecule has 0 heterocycles. The van der Waals surface area contributed by atoms with Gasteiger partial charge in [-0.3, -0.25) is 9.59 Å². The number of aliphatic hydroxyl groups is 1. The average molecular weight is 535 g/mol. The second-order valence-electron chi connectivity index (χ2n) is 12.2. The van der Waals surface area contributed by atoms with Crippen LogP contribution in [0.4, 0.5) is 0 Å². The Bertz CT molecular complexity index is 779. The molecule has 0 aromatic rings. The van der Waals surface area contributed by atoms with Crippen molar-refractivity contribution in [1.29, 1.82) is 0 Å². The van der Waals surface area contributed by atoms with E-state index in [9.17, 15) is 19.5 Å². The van der Waals surface area contributed by atoms with Crippen molar-refractivity contribution in [2.45, 2.75) is 131 Å². The van der Waals surface area contributed by atoms with Gasteiger partial charge in [0.15, 0.2) is 0 Å². The van der Waals surface area contributed by atoms with Crippen LogP contribution in [0, 0.1) is 28.6 Å². The minimum absolute atomic E-state index is 0.0914. The number of aliphatic hydroxyl groups excluding tert-OH is 1. The first-order chi connectivity index (χ1) is 18.2. The number of carbonyl (C=O) groups is 3. The van der Waals surface area contributed by atoms with Crippen LogP contribution in [-0.2, 0) is 23.9 Å². The van der Waals surface area contributed by atoms with Crippen LogP contribution in [-0.4, -0.2) is 42.6 Å². The van der Waals surface area contributed by atoms with Gasteiger partial charge < -0.3 is 19.4 Å². The Morgan fingerprint density at radius 3 is 2.29 bits per heavy atom. The summed E-state index contributed by atoms with van der Waals surface area (Å²) in [4.78, 5) is 40.4. The van der Waals surface area contributed by atoms with Gasteiger partial charge in [-0.25, -0.2) is 0 Å². The fraction of sp³-hybridized carbons (Fsp3) is 0.844. The topological polar surface area (TPSA) is 89.9 Å². The molecule has 0 spiro atoms. The molecule has 0 aliphatic heterocycles. The molecule has 38 heavy (non-hydrogen) atoms. The Labute approximate surface area is 231 Å². The molecular weight excluding hydrogens is 480 g/mol. The lowest BCUT2D eigenvalue weighted by atomic mass is 9.48. The van der Waals surface area contributed by atoms with Crippen molar-refractivity contribution >= 4 is 18.2 Å². The number of aldehydes is 1. The number of esters is 2. The predicted octanol–water partition coefficient (Wildman–Crippen LogP) is 6.97. The minimum atomic E-state index is -1.17. The molecule has 1 N–H and O–H groups in total. The highest BCUT2D eigenvalue weighted by molar-refractivity contribution is 5.84. The third-order valence-corrected chi connectivity index (χ3v) is 9.41. The van der Waals surface area contributed by atoms with E-state index in [4.69, 9.17) is 9.47 Å². The fourth-order valence-corrected chi connectivity index (χ4v) is 7.56. The lowest BCUT2D eigenvalue weighted by molar-refractivity contribution is -0.188. The molecule has 0 aromatic carbocycles. The molecular formula is C32H54O6. The quantitative estimate of drug-likeness (QED) is 0.0938. The zero-order chi connectivity index (χ0) is 28.2. The summed E-state index contributed by atoms with van der Waals surface area (Å²) in [5.74, 6) is -1.60. The number of carbonyl (C=O) groups excluding carboxylic acids is 3. The van der Waals surface area contributed by atoms with E-state index < -0.39 is 22.9 Å². The van der Waals surface area contributed by atoms with Crippen LogP contribution in [0.5, 0.6) is 0 Å². The zero-order valence-corrected chi connectivity index (χ0v) is 24.8. The third-order valence-electron chi connectivity index (χ3n) is 9.41. The Morgan fingerprint density at radius 1 is 1.03 bits per heavy atom. The highest BCUT2D eigenvalue weighted by atomic mass is 16.5. The summed E-state index contributed by atoms with van der Waals surface area (Å²) < 4.78 is 11.7. The summed E-state index contributed by atoms with van der Waals surface area (Å²) in [5, 5.41) is 11.1. The molecule has 0 saturated heterocycles. The van der Waals surface area contributed by atoms with Gasteiger partial charge in [0.05, 0.1) is 24.5 Å². The Hall–Kier alpha value is -1.69. The smallest absolute Gasteiger partial charge is 0.313 e. The summed E-state index contributed by atoms with van der Waals surface area (Å²) in [6.07, 6.45) is 13.5. The first-order valence-electron chi connectivity index (χ1n) is 15.3. The fourth-order valence-electron chi connectivity index (χ4n) is 7.56. The van der Waals surface area contributed by atoms with Crippen LogP contribution in [0.25, 0.3) is 0 Å². The van der Waals surface area contributed by atoms with Crippen LogP contribution in [0.2, 0.25) is 0 Å². The Kier molecular flexibility index (Phi) is 13.5. The molecule has 5 atom stereocenters. The van der Waals surface area contributed by atoms with E-state index in [1.807, 2.05) is 26.8 Å². The van der Waals surface area contributed by atoms with Gasteiger partial charge in [0, 0.05) is 5.92 Å². The number of allylic oxidation sites excluding steroid dienone is 1.